The summed E-state index contributed by atoms with van der Waals surface area (Å²) in [5.41, 5.74) is 0.375. The van der Waals surface area contributed by atoms with Crippen LogP contribution in [-0.2, 0) is 11.3 Å². The minimum atomic E-state index is -0.517. The summed E-state index contributed by atoms with van der Waals surface area (Å²) in [6, 6.07) is 7.14. The Balaban J connectivity index is 2.10. The molecule has 1 aromatic heterocycles. The molecule has 5 nitrogen and oxygen atoms in total. The third-order valence-electron chi connectivity index (χ3n) is 2.24. The summed E-state index contributed by atoms with van der Waals surface area (Å²) < 4.78 is 14.3. The molecule has 1 heterocycles. The number of nitriles is 1. The average Bonchev–Trinajstić information content (AvgIpc) is 2.84. The normalized spacial score (nSPS) is 9.78. The van der Waals surface area contributed by atoms with E-state index in [4.69, 9.17) is 5.26 Å². The molecule has 0 bridgehead atoms. The molecule has 90 valence electrons. The third-order valence-corrected chi connectivity index (χ3v) is 2.24. The van der Waals surface area contributed by atoms with Crippen molar-refractivity contribution in [2.75, 3.05) is 5.32 Å². The molecule has 0 saturated heterocycles. The maximum atomic E-state index is 12.9. The molecule has 2 aromatic rings. The number of benzene rings is 1. The molecular weight excluding hydrogens is 235 g/mol. The maximum Gasteiger partial charge on any atom is 0.246 e. The molecule has 0 saturated carbocycles. The van der Waals surface area contributed by atoms with E-state index in [2.05, 4.69) is 10.4 Å². The van der Waals surface area contributed by atoms with Crippen LogP contribution in [0.5, 0.6) is 0 Å². The molecule has 6 heteroatoms. The summed E-state index contributed by atoms with van der Waals surface area (Å²) in [5, 5.41) is 15.3. The van der Waals surface area contributed by atoms with Crippen molar-refractivity contribution < 1.29 is 9.18 Å². The number of amides is 1. The van der Waals surface area contributed by atoms with Crippen LogP contribution in [0.25, 0.3) is 0 Å². The smallest absolute Gasteiger partial charge is 0.246 e. The van der Waals surface area contributed by atoms with Gasteiger partial charge in [0.2, 0.25) is 5.91 Å². The fourth-order valence-electron chi connectivity index (χ4n) is 1.45. The topological polar surface area (TPSA) is 70.7 Å². The van der Waals surface area contributed by atoms with Crippen LogP contribution < -0.4 is 5.32 Å². The largest absolute Gasteiger partial charge is 0.323 e. The lowest BCUT2D eigenvalue weighted by Gasteiger charge is -2.07. The first-order valence-corrected chi connectivity index (χ1v) is 5.16. The Bertz CT molecular complexity index is 601. The highest BCUT2D eigenvalue weighted by atomic mass is 19.1. The van der Waals surface area contributed by atoms with E-state index in [1.54, 1.807) is 18.5 Å². The van der Waals surface area contributed by atoms with Gasteiger partial charge in [-0.05, 0) is 24.3 Å². The van der Waals surface area contributed by atoms with Crippen LogP contribution in [0.4, 0.5) is 10.1 Å². The molecule has 0 aliphatic rings. The Morgan fingerprint density at radius 2 is 2.39 bits per heavy atom. The zero-order valence-electron chi connectivity index (χ0n) is 9.30. The predicted molar refractivity (Wildman–Crippen MR) is 62.0 cm³/mol. The van der Waals surface area contributed by atoms with Gasteiger partial charge in [0.1, 0.15) is 18.4 Å². The number of aromatic nitrogens is 2. The highest BCUT2D eigenvalue weighted by Gasteiger charge is 2.08. The lowest BCUT2D eigenvalue weighted by Crippen LogP contribution is -2.19. The van der Waals surface area contributed by atoms with Gasteiger partial charge in [-0.15, -0.1) is 0 Å². The van der Waals surface area contributed by atoms with Crippen LogP contribution in [0.1, 0.15) is 5.56 Å². The second kappa shape index (κ2) is 5.10. The van der Waals surface area contributed by atoms with Gasteiger partial charge in [0.25, 0.3) is 0 Å². The van der Waals surface area contributed by atoms with Crippen molar-refractivity contribution in [3.8, 4) is 6.07 Å². The minimum absolute atomic E-state index is 0.0369. The Hall–Kier alpha value is -2.68. The molecule has 0 fully saturated rings. The predicted octanol–water partition coefficient (Wildman–Crippen LogP) is 1.53. The van der Waals surface area contributed by atoms with E-state index in [1.165, 1.54) is 16.8 Å². The van der Waals surface area contributed by atoms with E-state index in [9.17, 15) is 9.18 Å². The zero-order chi connectivity index (χ0) is 13.0. The summed E-state index contributed by atoms with van der Waals surface area (Å²) in [7, 11) is 0. The molecule has 0 aliphatic carbocycles. The number of anilines is 1. The summed E-state index contributed by atoms with van der Waals surface area (Å²) in [6.07, 6.45) is 3.21. The molecule has 1 amide bonds. The average molecular weight is 244 g/mol. The van der Waals surface area contributed by atoms with Crippen molar-refractivity contribution in [3.05, 3.63) is 48.0 Å². The van der Waals surface area contributed by atoms with Gasteiger partial charge in [-0.25, -0.2) is 4.39 Å². The zero-order valence-corrected chi connectivity index (χ0v) is 9.30. The molecule has 2 rings (SSSR count). The number of carbonyl (C=O) groups is 1. The Morgan fingerprint density at radius 1 is 1.56 bits per heavy atom. The van der Waals surface area contributed by atoms with Gasteiger partial charge >= 0.3 is 0 Å². The molecule has 1 aromatic carbocycles. The molecule has 1 N–H and O–H groups in total. The third kappa shape index (κ3) is 2.71. The van der Waals surface area contributed by atoms with Gasteiger partial charge in [0, 0.05) is 12.4 Å². The van der Waals surface area contributed by atoms with Crippen LogP contribution in [-0.4, -0.2) is 15.7 Å². The summed E-state index contributed by atoms with van der Waals surface area (Å²) >= 11 is 0. The molecule has 0 radical (unpaired) electrons. The van der Waals surface area contributed by atoms with Crippen LogP contribution in [0, 0.1) is 17.1 Å². The van der Waals surface area contributed by atoms with Crippen molar-refractivity contribution in [1.29, 1.82) is 5.26 Å². The second-order valence-electron chi connectivity index (χ2n) is 3.55. The van der Waals surface area contributed by atoms with Gasteiger partial charge < -0.3 is 5.32 Å². The molecule has 0 atom stereocenters. The molecule has 18 heavy (non-hydrogen) atoms. The quantitative estimate of drug-likeness (QED) is 0.890. The van der Waals surface area contributed by atoms with Crippen LogP contribution in [0.15, 0.2) is 36.7 Å². The Labute approximate surface area is 102 Å². The number of carbonyl (C=O) groups excluding carboxylic acids is 1. The standard InChI is InChI=1S/C12H9FN4O/c13-10-2-3-11(9(6-10)7-14)16-12(18)8-17-5-1-4-15-17/h1-6H,8H2,(H,16,18). The van der Waals surface area contributed by atoms with E-state index in [0.29, 0.717) is 0 Å². The van der Waals surface area contributed by atoms with Gasteiger partial charge in [-0.3, -0.25) is 9.48 Å². The van der Waals surface area contributed by atoms with Crippen molar-refractivity contribution in [1.82, 2.24) is 9.78 Å². The first kappa shape index (κ1) is 11.8. The van der Waals surface area contributed by atoms with Gasteiger partial charge in [-0.2, -0.15) is 10.4 Å². The highest BCUT2D eigenvalue weighted by molar-refractivity contribution is 5.91. The number of rotatable bonds is 3. The van der Waals surface area contributed by atoms with E-state index in [1.807, 2.05) is 6.07 Å². The Kier molecular flexibility index (Phi) is 3.34. The van der Waals surface area contributed by atoms with E-state index in [0.717, 1.165) is 6.07 Å². The van der Waals surface area contributed by atoms with Crippen molar-refractivity contribution in [2.45, 2.75) is 6.54 Å². The highest BCUT2D eigenvalue weighted by Crippen LogP contribution is 2.15. The number of nitrogens with one attached hydrogen (secondary N) is 1. The van der Waals surface area contributed by atoms with Gasteiger partial charge in [0.15, 0.2) is 0 Å². The van der Waals surface area contributed by atoms with E-state index < -0.39 is 5.82 Å². The fourth-order valence-corrected chi connectivity index (χ4v) is 1.45. The first-order chi connectivity index (χ1) is 8.69. The molecular formula is C12H9FN4O. The van der Waals surface area contributed by atoms with Gasteiger partial charge in [-0.1, -0.05) is 0 Å². The van der Waals surface area contributed by atoms with Crippen LogP contribution >= 0.6 is 0 Å². The summed E-state index contributed by atoms with van der Waals surface area (Å²) in [4.78, 5) is 11.7. The Morgan fingerprint density at radius 3 is 3.06 bits per heavy atom. The summed E-state index contributed by atoms with van der Waals surface area (Å²) in [6.45, 7) is 0.0369. The number of nitrogens with zero attached hydrogens (tertiary/aromatic N) is 3. The SMILES string of the molecule is N#Cc1cc(F)ccc1NC(=O)Cn1cccn1. The lowest BCUT2D eigenvalue weighted by atomic mass is 10.2. The van der Waals surface area contributed by atoms with Crippen LogP contribution in [0.3, 0.4) is 0 Å². The van der Waals surface area contributed by atoms with Crippen molar-refractivity contribution in [2.24, 2.45) is 0 Å². The van der Waals surface area contributed by atoms with E-state index in [-0.39, 0.29) is 23.7 Å². The molecule has 0 unspecified atom stereocenters. The fraction of sp³-hybridized carbons (Fsp3) is 0.0833. The monoisotopic (exact) mass is 244 g/mol. The minimum Gasteiger partial charge on any atom is -0.323 e. The van der Waals surface area contributed by atoms with Crippen LogP contribution in [0.2, 0.25) is 0 Å². The number of hydrogen-bond donors (Lipinski definition) is 1. The number of hydrogen-bond acceptors (Lipinski definition) is 3. The molecule has 0 aliphatic heterocycles. The lowest BCUT2D eigenvalue weighted by molar-refractivity contribution is -0.116. The summed E-state index contributed by atoms with van der Waals surface area (Å²) in [5.74, 6) is -0.849. The van der Waals surface area contributed by atoms with Crippen molar-refractivity contribution >= 4 is 11.6 Å². The van der Waals surface area contributed by atoms with E-state index >= 15 is 0 Å². The number of halogens is 1. The van der Waals surface area contributed by atoms with Crippen molar-refractivity contribution in [3.63, 3.8) is 0 Å². The second-order valence-corrected chi connectivity index (χ2v) is 3.55. The molecule has 0 spiro atoms. The maximum absolute atomic E-state index is 12.9. The first-order valence-electron chi connectivity index (χ1n) is 5.16. The van der Waals surface area contributed by atoms with Gasteiger partial charge in [0.05, 0.1) is 11.3 Å².